The summed E-state index contributed by atoms with van der Waals surface area (Å²) in [5, 5.41) is 4.05. The third kappa shape index (κ3) is 4.68. The van der Waals surface area contributed by atoms with E-state index in [2.05, 4.69) is 10.3 Å². The van der Waals surface area contributed by atoms with Crippen molar-refractivity contribution in [3.63, 3.8) is 0 Å². The average Bonchev–Trinajstić information content (AvgIpc) is 3.12. The van der Waals surface area contributed by atoms with Crippen LogP contribution in [0.2, 0.25) is 10.0 Å². The van der Waals surface area contributed by atoms with Gasteiger partial charge in [0.1, 0.15) is 11.3 Å². The second kappa shape index (κ2) is 8.25. The number of oxazole rings is 1. The molecule has 0 unspecified atom stereocenters. The molecule has 0 bridgehead atoms. The Balaban J connectivity index is 1.54. The van der Waals surface area contributed by atoms with Gasteiger partial charge < -0.3 is 14.5 Å². The molecule has 1 N–H and O–H groups in total. The summed E-state index contributed by atoms with van der Waals surface area (Å²) < 4.78 is 11.7. The van der Waals surface area contributed by atoms with E-state index in [1.54, 1.807) is 56.3 Å². The number of aromatic nitrogens is 1. The van der Waals surface area contributed by atoms with Crippen molar-refractivity contribution in [1.82, 2.24) is 4.98 Å². The Kier molecular flexibility index (Phi) is 5.65. The Labute approximate surface area is 189 Å². The molecule has 4 rings (SSSR count). The zero-order valence-electron chi connectivity index (χ0n) is 17.2. The van der Waals surface area contributed by atoms with Crippen molar-refractivity contribution in [3.05, 3.63) is 76.3 Å². The average molecular weight is 455 g/mol. The Morgan fingerprint density at radius 2 is 1.77 bits per heavy atom. The number of nitrogens with one attached hydrogen (secondary N) is 1. The number of rotatable bonds is 5. The number of carbonyl (C=O) groups excluding carboxylic acids is 1. The maximum atomic E-state index is 12.8. The van der Waals surface area contributed by atoms with Crippen molar-refractivity contribution in [1.29, 1.82) is 0 Å². The smallest absolute Gasteiger partial charge is 0.267 e. The van der Waals surface area contributed by atoms with Gasteiger partial charge in [-0.05, 0) is 80.9 Å². The molecule has 5 nitrogen and oxygen atoms in total. The standard InChI is InChI=1S/C24H20Cl2N2O3/c1-14-4-10-18(19(26)12-14)22-28-20-13-16(7-11-21(20)30-22)27-23(29)24(2,3)31-17-8-5-15(25)6-9-17/h4-13H,1-3H3,(H,27,29). The fraction of sp³-hybridized carbons (Fsp3) is 0.167. The minimum atomic E-state index is -1.10. The van der Waals surface area contributed by atoms with Crippen LogP contribution >= 0.6 is 23.2 Å². The lowest BCUT2D eigenvalue weighted by molar-refractivity contribution is -0.128. The molecule has 7 heteroatoms. The van der Waals surface area contributed by atoms with E-state index in [0.29, 0.717) is 44.0 Å². The van der Waals surface area contributed by atoms with Crippen LogP contribution in [0, 0.1) is 6.92 Å². The van der Waals surface area contributed by atoms with Gasteiger partial charge in [0.2, 0.25) is 5.89 Å². The summed E-state index contributed by atoms with van der Waals surface area (Å²) >= 11 is 12.2. The second-order valence-corrected chi connectivity index (χ2v) is 8.55. The van der Waals surface area contributed by atoms with Crippen molar-refractivity contribution in [2.45, 2.75) is 26.4 Å². The SMILES string of the molecule is Cc1ccc(-c2nc3cc(NC(=O)C(C)(C)Oc4ccc(Cl)cc4)ccc3o2)c(Cl)c1. The third-order valence-electron chi connectivity index (χ3n) is 4.73. The fourth-order valence-electron chi connectivity index (χ4n) is 3.04. The molecule has 0 aliphatic rings. The number of hydrogen-bond acceptors (Lipinski definition) is 4. The summed E-state index contributed by atoms with van der Waals surface area (Å²) in [7, 11) is 0. The highest BCUT2D eigenvalue weighted by Crippen LogP contribution is 2.32. The first-order chi connectivity index (χ1) is 14.7. The van der Waals surface area contributed by atoms with Gasteiger partial charge in [0.05, 0.1) is 10.6 Å². The molecular formula is C24H20Cl2N2O3. The number of amides is 1. The Hall–Kier alpha value is -3.02. The molecule has 1 heterocycles. The summed E-state index contributed by atoms with van der Waals surface area (Å²) in [4.78, 5) is 17.4. The lowest BCUT2D eigenvalue weighted by Crippen LogP contribution is -2.42. The highest BCUT2D eigenvalue weighted by molar-refractivity contribution is 6.33. The van der Waals surface area contributed by atoms with Gasteiger partial charge in [0.15, 0.2) is 11.2 Å². The van der Waals surface area contributed by atoms with E-state index >= 15 is 0 Å². The number of aryl methyl sites for hydroxylation is 1. The van der Waals surface area contributed by atoms with E-state index < -0.39 is 5.60 Å². The van der Waals surface area contributed by atoms with E-state index in [4.69, 9.17) is 32.4 Å². The minimum Gasteiger partial charge on any atom is -0.478 e. The van der Waals surface area contributed by atoms with Gasteiger partial charge in [-0.15, -0.1) is 0 Å². The minimum absolute atomic E-state index is 0.299. The van der Waals surface area contributed by atoms with Gasteiger partial charge >= 0.3 is 0 Å². The molecule has 0 spiro atoms. The number of fused-ring (bicyclic) bond motifs is 1. The number of benzene rings is 3. The predicted molar refractivity (Wildman–Crippen MR) is 124 cm³/mol. The van der Waals surface area contributed by atoms with Gasteiger partial charge in [-0.2, -0.15) is 0 Å². The summed E-state index contributed by atoms with van der Waals surface area (Å²) in [6, 6.07) is 17.8. The van der Waals surface area contributed by atoms with Crippen LogP contribution < -0.4 is 10.1 Å². The van der Waals surface area contributed by atoms with Crippen LogP contribution in [0.1, 0.15) is 19.4 Å². The van der Waals surface area contributed by atoms with Gasteiger partial charge in [0.25, 0.3) is 5.91 Å². The first-order valence-electron chi connectivity index (χ1n) is 9.64. The van der Waals surface area contributed by atoms with E-state index in [1.807, 2.05) is 25.1 Å². The van der Waals surface area contributed by atoms with Crippen LogP contribution in [-0.2, 0) is 4.79 Å². The van der Waals surface area contributed by atoms with Gasteiger partial charge in [-0.1, -0.05) is 29.3 Å². The van der Waals surface area contributed by atoms with Gasteiger partial charge in [-0.3, -0.25) is 4.79 Å². The van der Waals surface area contributed by atoms with Crippen molar-refractivity contribution >= 4 is 45.9 Å². The summed E-state index contributed by atoms with van der Waals surface area (Å²) in [6.45, 7) is 5.36. The normalized spacial score (nSPS) is 11.5. The lowest BCUT2D eigenvalue weighted by atomic mass is 10.1. The number of halogens is 2. The molecule has 1 aromatic heterocycles. The molecule has 0 radical (unpaired) electrons. The van der Waals surface area contributed by atoms with Crippen LogP contribution in [0.4, 0.5) is 5.69 Å². The highest BCUT2D eigenvalue weighted by atomic mass is 35.5. The Morgan fingerprint density at radius 1 is 1.03 bits per heavy atom. The van der Waals surface area contributed by atoms with Crippen LogP contribution in [0.15, 0.2) is 65.1 Å². The maximum Gasteiger partial charge on any atom is 0.267 e. The molecular weight excluding hydrogens is 435 g/mol. The zero-order chi connectivity index (χ0) is 22.2. The van der Waals surface area contributed by atoms with E-state index in [-0.39, 0.29) is 5.91 Å². The number of hydrogen-bond donors (Lipinski definition) is 1. The topological polar surface area (TPSA) is 64.4 Å². The molecule has 0 atom stereocenters. The summed E-state index contributed by atoms with van der Waals surface area (Å²) in [5.74, 6) is 0.679. The van der Waals surface area contributed by atoms with Crippen molar-refractivity contribution < 1.29 is 13.9 Å². The monoisotopic (exact) mass is 454 g/mol. The summed E-state index contributed by atoms with van der Waals surface area (Å²) in [5.41, 5.74) is 2.46. The van der Waals surface area contributed by atoms with Crippen molar-refractivity contribution in [2.24, 2.45) is 0 Å². The number of nitrogens with zero attached hydrogens (tertiary/aromatic N) is 1. The van der Waals surface area contributed by atoms with E-state index in [9.17, 15) is 4.79 Å². The van der Waals surface area contributed by atoms with Gasteiger partial charge in [0, 0.05) is 10.7 Å². The van der Waals surface area contributed by atoms with Crippen molar-refractivity contribution in [3.8, 4) is 17.2 Å². The lowest BCUT2D eigenvalue weighted by Gasteiger charge is -2.25. The Bertz CT molecular complexity index is 1260. The van der Waals surface area contributed by atoms with E-state index in [0.717, 1.165) is 5.56 Å². The second-order valence-electron chi connectivity index (χ2n) is 7.71. The summed E-state index contributed by atoms with van der Waals surface area (Å²) in [6.07, 6.45) is 0. The first-order valence-corrected chi connectivity index (χ1v) is 10.4. The number of anilines is 1. The van der Waals surface area contributed by atoms with Crippen LogP contribution in [0.5, 0.6) is 5.75 Å². The molecule has 0 aliphatic carbocycles. The Morgan fingerprint density at radius 3 is 2.48 bits per heavy atom. The van der Waals surface area contributed by atoms with E-state index in [1.165, 1.54) is 0 Å². The molecule has 0 fully saturated rings. The zero-order valence-corrected chi connectivity index (χ0v) is 18.7. The quantitative estimate of drug-likeness (QED) is 0.355. The highest BCUT2D eigenvalue weighted by Gasteiger charge is 2.30. The molecule has 4 aromatic rings. The first kappa shape index (κ1) is 21.2. The molecule has 3 aromatic carbocycles. The largest absolute Gasteiger partial charge is 0.478 e. The van der Waals surface area contributed by atoms with Gasteiger partial charge in [-0.25, -0.2) is 4.98 Å². The maximum absolute atomic E-state index is 12.8. The molecule has 0 aliphatic heterocycles. The van der Waals surface area contributed by atoms with Crippen LogP contribution in [0.25, 0.3) is 22.6 Å². The molecule has 0 saturated heterocycles. The number of ether oxygens (including phenoxy) is 1. The molecule has 158 valence electrons. The predicted octanol–water partition coefficient (Wildman–Crippen LogP) is 6.91. The fourth-order valence-corrected chi connectivity index (χ4v) is 3.48. The molecule has 0 saturated carbocycles. The number of carbonyl (C=O) groups is 1. The van der Waals surface area contributed by atoms with Crippen LogP contribution in [-0.4, -0.2) is 16.5 Å². The van der Waals surface area contributed by atoms with Crippen molar-refractivity contribution in [2.75, 3.05) is 5.32 Å². The molecule has 31 heavy (non-hydrogen) atoms. The third-order valence-corrected chi connectivity index (χ3v) is 5.30. The van der Waals surface area contributed by atoms with Crippen LogP contribution in [0.3, 0.4) is 0 Å². The molecule has 1 amide bonds.